The predicted octanol–water partition coefficient (Wildman–Crippen LogP) is 5.19. The zero-order valence-corrected chi connectivity index (χ0v) is 16.1. The number of hydrogen-bond acceptors (Lipinski definition) is 2. The molecule has 1 N–H and O–H groups in total. The first kappa shape index (κ1) is 23.8. The minimum atomic E-state index is -4.39. The summed E-state index contributed by atoms with van der Waals surface area (Å²) in [6.07, 6.45) is -3.56. The number of nitrogens with zero attached hydrogens (tertiary/aromatic N) is 1. The Morgan fingerprint density at radius 1 is 1.21 bits per heavy atom. The van der Waals surface area contributed by atoms with Crippen molar-refractivity contribution < 1.29 is 13.2 Å². The molecule has 8 heteroatoms. The molecule has 2 nitrogen and oxygen atoms in total. The van der Waals surface area contributed by atoms with Crippen LogP contribution in [-0.2, 0) is 6.18 Å². The summed E-state index contributed by atoms with van der Waals surface area (Å²) in [5.74, 6) is 0.139. The summed E-state index contributed by atoms with van der Waals surface area (Å²) < 4.78 is 40.3. The van der Waals surface area contributed by atoms with Crippen LogP contribution in [0.15, 0.2) is 18.2 Å². The molecule has 24 heavy (non-hydrogen) atoms. The van der Waals surface area contributed by atoms with E-state index >= 15 is 0 Å². The molecule has 1 fully saturated rings. The Labute approximate surface area is 158 Å². The Hall–Kier alpha value is -0.200. The van der Waals surface area contributed by atoms with Gasteiger partial charge in [-0.1, -0.05) is 37.9 Å². The number of benzene rings is 1. The van der Waals surface area contributed by atoms with Crippen LogP contribution in [0.4, 0.5) is 13.2 Å². The molecule has 1 aliphatic rings. The summed E-state index contributed by atoms with van der Waals surface area (Å²) >= 11 is 5.80. The minimum Gasteiger partial charge on any atom is -0.314 e. The van der Waals surface area contributed by atoms with Crippen LogP contribution in [0.2, 0.25) is 5.02 Å². The Morgan fingerprint density at radius 2 is 1.79 bits per heavy atom. The molecule has 0 radical (unpaired) electrons. The Bertz CT molecular complexity index is 506. The molecule has 1 aliphatic heterocycles. The van der Waals surface area contributed by atoms with Gasteiger partial charge in [0.15, 0.2) is 0 Å². The maximum atomic E-state index is 13.4. The fourth-order valence-corrected chi connectivity index (χ4v) is 3.25. The quantitative estimate of drug-likeness (QED) is 0.738. The van der Waals surface area contributed by atoms with Crippen molar-refractivity contribution in [3.05, 3.63) is 34.3 Å². The molecule has 0 amide bonds. The van der Waals surface area contributed by atoms with Crippen molar-refractivity contribution in [3.8, 4) is 0 Å². The monoisotopic (exact) mass is 406 g/mol. The number of hydrogen-bond donors (Lipinski definition) is 1. The van der Waals surface area contributed by atoms with Crippen molar-refractivity contribution in [1.82, 2.24) is 10.2 Å². The molecule has 0 spiro atoms. The largest absolute Gasteiger partial charge is 0.416 e. The molecule has 2 rings (SSSR count). The molecule has 0 aliphatic carbocycles. The van der Waals surface area contributed by atoms with Crippen LogP contribution in [0, 0.1) is 5.92 Å². The lowest BCUT2D eigenvalue weighted by Crippen LogP contribution is -2.47. The second-order valence-corrected chi connectivity index (χ2v) is 6.28. The Morgan fingerprint density at radius 3 is 2.29 bits per heavy atom. The number of nitrogens with one attached hydrogen (secondary N) is 1. The topological polar surface area (TPSA) is 15.3 Å². The number of piperazine rings is 1. The lowest BCUT2D eigenvalue weighted by Gasteiger charge is -2.39. The molecule has 1 unspecified atom stereocenters. The summed E-state index contributed by atoms with van der Waals surface area (Å²) in [4.78, 5) is 2.16. The van der Waals surface area contributed by atoms with Crippen molar-refractivity contribution in [2.75, 3.05) is 26.2 Å². The van der Waals surface area contributed by atoms with E-state index in [1.807, 2.05) is 13.8 Å². The van der Waals surface area contributed by atoms with E-state index < -0.39 is 11.7 Å². The van der Waals surface area contributed by atoms with Crippen LogP contribution in [0.25, 0.3) is 0 Å². The van der Waals surface area contributed by atoms with E-state index in [4.69, 9.17) is 11.6 Å². The first-order chi connectivity index (χ1) is 10.3. The second-order valence-electron chi connectivity index (χ2n) is 5.85. The highest BCUT2D eigenvalue weighted by molar-refractivity contribution is 6.30. The van der Waals surface area contributed by atoms with Crippen LogP contribution < -0.4 is 5.32 Å². The third-order valence-electron chi connectivity index (χ3n) is 4.37. The maximum absolute atomic E-state index is 13.4. The summed E-state index contributed by atoms with van der Waals surface area (Å²) in [6.45, 7) is 7.16. The van der Waals surface area contributed by atoms with Gasteiger partial charge in [0.25, 0.3) is 0 Å². The van der Waals surface area contributed by atoms with Crippen LogP contribution in [-0.4, -0.2) is 31.1 Å². The van der Waals surface area contributed by atoms with Gasteiger partial charge in [-0.3, -0.25) is 4.90 Å². The van der Waals surface area contributed by atoms with Gasteiger partial charge in [-0.05, 0) is 23.6 Å². The summed E-state index contributed by atoms with van der Waals surface area (Å²) in [5, 5.41) is 3.37. The highest BCUT2D eigenvalue weighted by Gasteiger charge is 2.38. The fourth-order valence-electron chi connectivity index (χ4n) is 3.08. The van der Waals surface area contributed by atoms with Crippen LogP contribution in [0.5, 0.6) is 0 Å². The molecule has 0 bridgehead atoms. The smallest absolute Gasteiger partial charge is 0.314 e. The first-order valence-electron chi connectivity index (χ1n) is 7.66. The molecule has 1 heterocycles. The van der Waals surface area contributed by atoms with Gasteiger partial charge in [-0.15, -0.1) is 24.8 Å². The average molecular weight is 408 g/mol. The first-order valence-corrected chi connectivity index (χ1v) is 8.03. The van der Waals surface area contributed by atoms with Crippen molar-refractivity contribution in [3.63, 3.8) is 0 Å². The lowest BCUT2D eigenvalue weighted by atomic mass is 9.87. The zero-order valence-electron chi connectivity index (χ0n) is 13.7. The number of rotatable bonds is 4. The van der Waals surface area contributed by atoms with E-state index in [-0.39, 0.29) is 41.8 Å². The fraction of sp³-hybridized carbons (Fsp3) is 0.625. The van der Waals surface area contributed by atoms with E-state index in [1.165, 1.54) is 0 Å². The van der Waals surface area contributed by atoms with Gasteiger partial charge >= 0.3 is 6.18 Å². The Kier molecular flexibility index (Phi) is 9.99. The van der Waals surface area contributed by atoms with Gasteiger partial charge in [0.1, 0.15) is 0 Å². The standard InChI is InChI=1S/C16H22ClF3N2.2ClH/c1-3-11(2)15(22-8-6-21-7-9-22)13-5-4-12(17)10-14(13)16(18,19)20;;/h4-5,10-11,15,21H,3,6-9H2,1-2H3;2*1H/t11?,15-;;/m0../s1. The molecule has 0 aromatic heterocycles. The van der Waals surface area contributed by atoms with Gasteiger partial charge in [0, 0.05) is 37.2 Å². The number of alkyl halides is 3. The molecular formula is C16H24Cl3F3N2. The predicted molar refractivity (Wildman–Crippen MR) is 97.6 cm³/mol. The minimum absolute atomic E-state index is 0. The Balaban J connectivity index is 0.00000264. The van der Waals surface area contributed by atoms with E-state index in [1.54, 1.807) is 12.1 Å². The van der Waals surface area contributed by atoms with E-state index in [0.29, 0.717) is 5.56 Å². The van der Waals surface area contributed by atoms with Crippen molar-refractivity contribution in [1.29, 1.82) is 0 Å². The van der Waals surface area contributed by atoms with E-state index in [2.05, 4.69) is 10.2 Å². The van der Waals surface area contributed by atoms with Crippen LogP contribution in [0.1, 0.15) is 37.4 Å². The van der Waals surface area contributed by atoms with Crippen LogP contribution in [0.3, 0.4) is 0 Å². The van der Waals surface area contributed by atoms with E-state index in [9.17, 15) is 13.2 Å². The molecule has 1 aromatic carbocycles. The van der Waals surface area contributed by atoms with Gasteiger partial charge in [0.05, 0.1) is 5.56 Å². The van der Waals surface area contributed by atoms with Gasteiger partial charge in [-0.2, -0.15) is 13.2 Å². The molecular weight excluding hydrogens is 384 g/mol. The van der Waals surface area contributed by atoms with Crippen molar-refractivity contribution in [2.24, 2.45) is 5.92 Å². The van der Waals surface area contributed by atoms with Gasteiger partial charge in [-0.25, -0.2) is 0 Å². The number of halogens is 6. The SMILES string of the molecule is CCC(C)[C@@H](c1ccc(Cl)cc1C(F)(F)F)N1CCNCC1.Cl.Cl. The highest BCUT2D eigenvalue weighted by Crippen LogP contribution is 2.41. The summed E-state index contributed by atoms with van der Waals surface area (Å²) in [7, 11) is 0. The molecule has 140 valence electrons. The van der Waals surface area contributed by atoms with Crippen molar-refractivity contribution in [2.45, 2.75) is 32.5 Å². The maximum Gasteiger partial charge on any atom is 0.416 e. The highest BCUT2D eigenvalue weighted by atomic mass is 35.5. The summed E-state index contributed by atoms with van der Waals surface area (Å²) in [5.41, 5.74) is -0.267. The lowest BCUT2D eigenvalue weighted by molar-refractivity contribution is -0.139. The van der Waals surface area contributed by atoms with Gasteiger partial charge in [0.2, 0.25) is 0 Å². The van der Waals surface area contributed by atoms with E-state index in [0.717, 1.165) is 38.7 Å². The molecule has 1 saturated heterocycles. The van der Waals surface area contributed by atoms with Crippen molar-refractivity contribution >= 4 is 36.4 Å². The molecule has 2 atom stereocenters. The normalized spacial score (nSPS) is 18.2. The van der Waals surface area contributed by atoms with Crippen LogP contribution >= 0.6 is 36.4 Å². The summed E-state index contributed by atoms with van der Waals surface area (Å²) in [6, 6.07) is 3.92. The second kappa shape index (κ2) is 10.1. The third kappa shape index (κ3) is 5.67. The molecule has 0 saturated carbocycles. The average Bonchev–Trinajstić information content (AvgIpc) is 2.48. The zero-order chi connectivity index (χ0) is 16.3. The third-order valence-corrected chi connectivity index (χ3v) is 4.60. The van der Waals surface area contributed by atoms with Gasteiger partial charge < -0.3 is 5.32 Å². The molecule has 1 aromatic rings.